The number of aromatic nitrogens is 2. The molecule has 0 unspecified atom stereocenters. The minimum absolute atomic E-state index is 0.232. The van der Waals surface area contributed by atoms with E-state index in [1.165, 1.54) is 6.07 Å². The summed E-state index contributed by atoms with van der Waals surface area (Å²) in [7, 11) is 0. The van der Waals surface area contributed by atoms with Crippen LogP contribution < -0.4 is 15.7 Å². The van der Waals surface area contributed by atoms with Crippen LogP contribution in [-0.2, 0) is 6.54 Å². The third-order valence-corrected chi connectivity index (χ3v) is 4.35. The number of nitrogens with one attached hydrogen (secondary N) is 1. The number of carbonyl (C=O) groups is 1. The monoisotopic (exact) mass is 389 g/mol. The van der Waals surface area contributed by atoms with Gasteiger partial charge >= 0.3 is 5.63 Å². The minimum atomic E-state index is -0.601. The summed E-state index contributed by atoms with van der Waals surface area (Å²) in [5.74, 6) is 0.161. The van der Waals surface area contributed by atoms with Gasteiger partial charge in [0.25, 0.3) is 5.91 Å². The van der Waals surface area contributed by atoms with Crippen molar-refractivity contribution in [2.75, 3.05) is 11.9 Å². The highest BCUT2D eigenvalue weighted by molar-refractivity contribution is 6.12. The van der Waals surface area contributed by atoms with Crippen molar-refractivity contribution < 1.29 is 13.9 Å². The molecule has 0 radical (unpaired) electrons. The van der Waals surface area contributed by atoms with Crippen LogP contribution in [-0.4, -0.2) is 22.3 Å². The molecule has 7 heteroatoms. The number of anilines is 1. The number of amides is 1. The Morgan fingerprint density at radius 1 is 1.17 bits per heavy atom. The van der Waals surface area contributed by atoms with Gasteiger partial charge in [0.2, 0.25) is 0 Å². The van der Waals surface area contributed by atoms with E-state index in [-0.39, 0.29) is 5.56 Å². The molecular formula is C22H19N3O4. The van der Waals surface area contributed by atoms with E-state index < -0.39 is 11.5 Å². The van der Waals surface area contributed by atoms with Gasteiger partial charge in [0.15, 0.2) is 0 Å². The van der Waals surface area contributed by atoms with Crippen LogP contribution in [0.25, 0.3) is 11.0 Å². The predicted octanol–water partition coefficient (Wildman–Crippen LogP) is 3.69. The molecule has 0 aliphatic carbocycles. The molecule has 0 aliphatic rings. The Morgan fingerprint density at radius 3 is 2.79 bits per heavy atom. The number of nitrogens with zero attached hydrogens (tertiary/aromatic N) is 2. The van der Waals surface area contributed by atoms with Crippen molar-refractivity contribution in [2.24, 2.45) is 0 Å². The lowest BCUT2D eigenvalue weighted by atomic mass is 10.1. The number of fused-ring (bicyclic) bond motifs is 1. The van der Waals surface area contributed by atoms with Crippen LogP contribution in [0, 0.1) is 0 Å². The summed E-state index contributed by atoms with van der Waals surface area (Å²) in [5, 5.41) is 7.59. The molecule has 0 saturated heterocycles. The second-order valence-electron chi connectivity index (χ2n) is 6.44. The Labute approximate surface area is 166 Å². The van der Waals surface area contributed by atoms with Gasteiger partial charge in [0.1, 0.15) is 11.3 Å². The SMILES string of the molecule is CCOc1ccc2c(C(=O)Nc3cnn(Cc4ccccc4)c3)cc(=O)oc2c1. The third kappa shape index (κ3) is 4.19. The quantitative estimate of drug-likeness (QED) is 0.508. The summed E-state index contributed by atoms with van der Waals surface area (Å²) in [6.07, 6.45) is 3.31. The summed E-state index contributed by atoms with van der Waals surface area (Å²) in [6, 6.07) is 16.1. The molecule has 2 aromatic carbocycles. The van der Waals surface area contributed by atoms with Crippen molar-refractivity contribution in [1.29, 1.82) is 0 Å². The van der Waals surface area contributed by atoms with Gasteiger partial charge in [-0.25, -0.2) is 4.79 Å². The molecule has 2 aromatic heterocycles. The van der Waals surface area contributed by atoms with Crippen LogP contribution in [0.3, 0.4) is 0 Å². The zero-order chi connectivity index (χ0) is 20.2. The average Bonchev–Trinajstić information content (AvgIpc) is 3.14. The Bertz CT molecular complexity index is 1210. The number of hydrogen-bond acceptors (Lipinski definition) is 5. The molecule has 2 heterocycles. The molecule has 0 fully saturated rings. The Morgan fingerprint density at radius 2 is 2.00 bits per heavy atom. The summed E-state index contributed by atoms with van der Waals surface area (Å²) in [5.41, 5.74) is 1.57. The first-order chi connectivity index (χ1) is 14.1. The maximum atomic E-state index is 12.8. The van der Waals surface area contributed by atoms with Crippen LogP contribution in [0.2, 0.25) is 0 Å². The molecule has 146 valence electrons. The van der Waals surface area contributed by atoms with Crippen molar-refractivity contribution >= 4 is 22.6 Å². The number of rotatable bonds is 6. The smallest absolute Gasteiger partial charge is 0.337 e. The van der Waals surface area contributed by atoms with Crippen molar-refractivity contribution in [1.82, 2.24) is 9.78 Å². The van der Waals surface area contributed by atoms with E-state index in [0.717, 1.165) is 5.56 Å². The fourth-order valence-electron chi connectivity index (χ4n) is 3.07. The number of ether oxygens (including phenoxy) is 1. The van der Waals surface area contributed by atoms with E-state index >= 15 is 0 Å². The van der Waals surface area contributed by atoms with Gasteiger partial charge in [-0.15, -0.1) is 0 Å². The standard InChI is InChI=1S/C22H19N3O4/c1-2-28-17-8-9-18-19(11-21(26)29-20(18)10-17)22(27)24-16-12-23-25(14-16)13-15-6-4-3-5-7-15/h3-12,14H,2,13H2,1H3,(H,24,27). The number of hydrogen-bond donors (Lipinski definition) is 1. The molecule has 4 rings (SSSR count). The molecule has 1 N–H and O–H groups in total. The summed E-state index contributed by atoms with van der Waals surface area (Å²) in [4.78, 5) is 24.7. The second kappa shape index (κ2) is 8.02. The second-order valence-corrected chi connectivity index (χ2v) is 6.44. The third-order valence-electron chi connectivity index (χ3n) is 4.35. The molecule has 0 spiro atoms. The largest absolute Gasteiger partial charge is 0.494 e. The Balaban J connectivity index is 1.57. The first-order valence-electron chi connectivity index (χ1n) is 9.21. The topological polar surface area (TPSA) is 86.4 Å². The fraction of sp³-hybridized carbons (Fsp3) is 0.136. The van der Waals surface area contributed by atoms with E-state index in [9.17, 15) is 9.59 Å². The van der Waals surface area contributed by atoms with E-state index in [4.69, 9.17) is 9.15 Å². The first kappa shape index (κ1) is 18.5. The van der Waals surface area contributed by atoms with Gasteiger partial charge in [-0.05, 0) is 24.6 Å². The molecule has 1 amide bonds. The molecular weight excluding hydrogens is 370 g/mol. The van der Waals surface area contributed by atoms with Crippen molar-refractivity contribution in [2.45, 2.75) is 13.5 Å². The van der Waals surface area contributed by atoms with Crippen LogP contribution in [0.15, 0.2) is 76.2 Å². The summed E-state index contributed by atoms with van der Waals surface area (Å²) >= 11 is 0. The summed E-state index contributed by atoms with van der Waals surface area (Å²) < 4.78 is 12.4. The van der Waals surface area contributed by atoms with Gasteiger partial charge < -0.3 is 14.5 Å². The lowest BCUT2D eigenvalue weighted by molar-refractivity contribution is 0.102. The zero-order valence-electron chi connectivity index (χ0n) is 15.8. The van der Waals surface area contributed by atoms with Crippen molar-refractivity contribution in [3.63, 3.8) is 0 Å². The van der Waals surface area contributed by atoms with Crippen LogP contribution >= 0.6 is 0 Å². The fourth-order valence-corrected chi connectivity index (χ4v) is 3.07. The highest BCUT2D eigenvalue weighted by Crippen LogP contribution is 2.23. The highest BCUT2D eigenvalue weighted by atomic mass is 16.5. The predicted molar refractivity (Wildman–Crippen MR) is 109 cm³/mol. The maximum absolute atomic E-state index is 12.8. The first-order valence-corrected chi connectivity index (χ1v) is 9.21. The van der Waals surface area contributed by atoms with E-state index in [1.807, 2.05) is 37.3 Å². The van der Waals surface area contributed by atoms with Crippen molar-refractivity contribution in [3.8, 4) is 5.75 Å². The van der Waals surface area contributed by atoms with Gasteiger partial charge in [-0.2, -0.15) is 5.10 Å². The van der Waals surface area contributed by atoms with Crippen LogP contribution in [0.5, 0.6) is 5.75 Å². The van der Waals surface area contributed by atoms with Crippen LogP contribution in [0.1, 0.15) is 22.8 Å². The lowest BCUT2D eigenvalue weighted by Gasteiger charge is -2.08. The molecule has 4 aromatic rings. The van der Waals surface area contributed by atoms with Gasteiger partial charge in [-0.1, -0.05) is 30.3 Å². The average molecular weight is 389 g/mol. The van der Waals surface area contributed by atoms with Crippen molar-refractivity contribution in [3.05, 3.63) is 88.5 Å². The molecule has 0 saturated carbocycles. The maximum Gasteiger partial charge on any atom is 0.337 e. The van der Waals surface area contributed by atoms with Crippen LogP contribution in [0.4, 0.5) is 5.69 Å². The Kier molecular flexibility index (Phi) is 5.11. The van der Waals surface area contributed by atoms with Gasteiger partial charge in [-0.3, -0.25) is 9.48 Å². The van der Waals surface area contributed by atoms with Gasteiger partial charge in [0, 0.05) is 23.7 Å². The minimum Gasteiger partial charge on any atom is -0.494 e. The summed E-state index contributed by atoms with van der Waals surface area (Å²) in [6.45, 7) is 2.94. The molecule has 7 nitrogen and oxygen atoms in total. The molecule has 0 aliphatic heterocycles. The molecule has 0 atom stereocenters. The highest BCUT2D eigenvalue weighted by Gasteiger charge is 2.15. The Hall–Kier alpha value is -3.87. The molecule has 29 heavy (non-hydrogen) atoms. The normalized spacial score (nSPS) is 10.8. The molecule has 0 bridgehead atoms. The number of carbonyl (C=O) groups excluding carboxylic acids is 1. The van der Waals surface area contributed by atoms with E-state index in [2.05, 4.69) is 10.4 Å². The van der Waals surface area contributed by atoms with E-state index in [1.54, 1.807) is 35.3 Å². The zero-order valence-corrected chi connectivity index (χ0v) is 15.8. The van der Waals surface area contributed by atoms with Gasteiger partial charge in [0.05, 0.1) is 30.6 Å². The lowest BCUT2D eigenvalue weighted by Crippen LogP contribution is -2.15. The van der Waals surface area contributed by atoms with E-state index in [0.29, 0.717) is 35.6 Å². The number of benzene rings is 2.